The monoisotopic (exact) mass is 442 g/mol. The number of hydrogen-bond acceptors (Lipinski definition) is 5. The number of carbonyl (C=O) groups excluding carboxylic acids is 2. The Morgan fingerprint density at radius 3 is 2.63 bits per heavy atom. The summed E-state index contributed by atoms with van der Waals surface area (Å²) in [7, 11) is 1.54. The second-order valence-electron chi connectivity index (χ2n) is 7.84. The van der Waals surface area contributed by atoms with Gasteiger partial charge < -0.3 is 24.4 Å². The summed E-state index contributed by atoms with van der Waals surface area (Å²) in [5.41, 5.74) is -1.06. The molecule has 27 heavy (non-hydrogen) atoms. The van der Waals surface area contributed by atoms with Crippen LogP contribution in [0.2, 0.25) is 0 Å². The van der Waals surface area contributed by atoms with Gasteiger partial charge in [0.1, 0.15) is 5.60 Å². The fourth-order valence-electron chi connectivity index (χ4n) is 2.82. The van der Waals surface area contributed by atoms with Gasteiger partial charge in [0, 0.05) is 17.6 Å². The first-order chi connectivity index (χ1) is 12.5. The zero-order valence-electron chi connectivity index (χ0n) is 16.4. The van der Waals surface area contributed by atoms with E-state index in [4.69, 9.17) is 14.2 Å². The molecule has 1 aliphatic rings. The lowest BCUT2D eigenvalue weighted by Gasteiger charge is -2.28. The molecule has 0 radical (unpaired) electrons. The molecule has 7 nitrogen and oxygen atoms in total. The SMILES string of the molecule is COc1cc(Br)ccc1OCC(=O)NC1(C)CCN(C(=O)OC(C)(C)C)C1. The van der Waals surface area contributed by atoms with E-state index in [0.717, 1.165) is 4.47 Å². The molecule has 1 aromatic carbocycles. The average Bonchev–Trinajstić information content (AvgIpc) is 2.94. The van der Waals surface area contributed by atoms with Crippen molar-refractivity contribution in [1.82, 2.24) is 10.2 Å². The van der Waals surface area contributed by atoms with Gasteiger partial charge in [-0.3, -0.25) is 4.79 Å². The lowest BCUT2D eigenvalue weighted by atomic mass is 10.0. The average molecular weight is 443 g/mol. The molecule has 1 atom stereocenters. The summed E-state index contributed by atoms with van der Waals surface area (Å²) in [5, 5.41) is 2.96. The van der Waals surface area contributed by atoms with Gasteiger partial charge in [-0.15, -0.1) is 0 Å². The van der Waals surface area contributed by atoms with Crippen molar-refractivity contribution in [3.05, 3.63) is 22.7 Å². The number of rotatable bonds is 5. The zero-order chi connectivity index (χ0) is 20.2. The van der Waals surface area contributed by atoms with Crippen LogP contribution < -0.4 is 14.8 Å². The van der Waals surface area contributed by atoms with Gasteiger partial charge in [0.15, 0.2) is 18.1 Å². The fourth-order valence-corrected chi connectivity index (χ4v) is 3.16. The maximum atomic E-state index is 12.3. The number of carbonyl (C=O) groups is 2. The van der Waals surface area contributed by atoms with E-state index in [0.29, 0.717) is 31.0 Å². The van der Waals surface area contributed by atoms with Crippen LogP contribution in [0.1, 0.15) is 34.1 Å². The van der Waals surface area contributed by atoms with E-state index >= 15 is 0 Å². The van der Waals surface area contributed by atoms with E-state index in [-0.39, 0.29) is 18.6 Å². The lowest BCUT2D eigenvalue weighted by molar-refractivity contribution is -0.124. The molecule has 0 bridgehead atoms. The van der Waals surface area contributed by atoms with Crippen molar-refractivity contribution < 1.29 is 23.8 Å². The predicted octanol–water partition coefficient (Wildman–Crippen LogP) is 3.35. The molecular formula is C19H27BrN2O5. The van der Waals surface area contributed by atoms with Crippen LogP contribution in [0.3, 0.4) is 0 Å². The van der Waals surface area contributed by atoms with E-state index in [2.05, 4.69) is 21.2 Å². The first-order valence-electron chi connectivity index (χ1n) is 8.77. The quantitative estimate of drug-likeness (QED) is 0.756. The van der Waals surface area contributed by atoms with Crippen molar-refractivity contribution >= 4 is 27.9 Å². The van der Waals surface area contributed by atoms with Gasteiger partial charge in [0.25, 0.3) is 5.91 Å². The minimum Gasteiger partial charge on any atom is -0.493 e. The van der Waals surface area contributed by atoms with Crippen molar-refractivity contribution in [2.24, 2.45) is 0 Å². The number of likely N-dealkylation sites (tertiary alicyclic amines) is 1. The highest BCUT2D eigenvalue weighted by atomic mass is 79.9. The molecular weight excluding hydrogens is 416 g/mol. The van der Waals surface area contributed by atoms with Crippen molar-refractivity contribution in [3.8, 4) is 11.5 Å². The van der Waals surface area contributed by atoms with Crippen molar-refractivity contribution in [2.45, 2.75) is 45.3 Å². The summed E-state index contributed by atoms with van der Waals surface area (Å²) < 4.78 is 17.1. The maximum Gasteiger partial charge on any atom is 0.410 e. The molecule has 0 aromatic heterocycles. The zero-order valence-corrected chi connectivity index (χ0v) is 18.0. The molecule has 0 spiro atoms. The molecule has 0 aliphatic carbocycles. The number of hydrogen-bond donors (Lipinski definition) is 1. The summed E-state index contributed by atoms with van der Waals surface area (Å²) in [5.74, 6) is 0.775. The second kappa shape index (κ2) is 8.37. The van der Waals surface area contributed by atoms with E-state index < -0.39 is 11.1 Å². The Hall–Kier alpha value is -1.96. The van der Waals surface area contributed by atoms with E-state index in [9.17, 15) is 9.59 Å². The Balaban J connectivity index is 1.88. The molecule has 0 saturated carbocycles. The third kappa shape index (κ3) is 6.30. The van der Waals surface area contributed by atoms with Gasteiger partial charge in [0.2, 0.25) is 0 Å². The van der Waals surface area contributed by atoms with Crippen LogP contribution >= 0.6 is 15.9 Å². The number of methoxy groups -OCH3 is 1. The van der Waals surface area contributed by atoms with Crippen LogP contribution in [0, 0.1) is 0 Å². The van der Waals surface area contributed by atoms with Gasteiger partial charge in [-0.25, -0.2) is 4.79 Å². The van der Waals surface area contributed by atoms with E-state index in [1.54, 1.807) is 24.1 Å². The van der Waals surface area contributed by atoms with E-state index in [1.807, 2.05) is 33.8 Å². The van der Waals surface area contributed by atoms with E-state index in [1.165, 1.54) is 0 Å². The Morgan fingerprint density at radius 1 is 1.30 bits per heavy atom. The summed E-state index contributed by atoms with van der Waals surface area (Å²) in [6.45, 7) is 8.19. The van der Waals surface area contributed by atoms with Gasteiger partial charge in [-0.05, 0) is 52.3 Å². The Labute approximate surface area is 168 Å². The highest BCUT2D eigenvalue weighted by Crippen LogP contribution is 2.30. The molecule has 1 fully saturated rings. The molecule has 2 rings (SSSR count). The number of ether oxygens (including phenoxy) is 3. The minimum atomic E-state index is -0.545. The third-order valence-electron chi connectivity index (χ3n) is 4.05. The Kier molecular flexibility index (Phi) is 6.62. The summed E-state index contributed by atoms with van der Waals surface area (Å²) in [4.78, 5) is 26.1. The molecule has 8 heteroatoms. The van der Waals surface area contributed by atoms with Gasteiger partial charge >= 0.3 is 6.09 Å². The molecule has 1 heterocycles. The number of amides is 2. The van der Waals surface area contributed by atoms with Crippen LogP contribution in [0.4, 0.5) is 4.79 Å². The standard InChI is InChI=1S/C19H27BrN2O5/c1-18(2,3)27-17(24)22-9-8-19(4,12-22)21-16(23)11-26-14-7-6-13(20)10-15(14)25-5/h6-7,10H,8-9,11-12H2,1-5H3,(H,21,23). The summed E-state index contributed by atoms with van der Waals surface area (Å²) in [6.07, 6.45) is 0.288. The van der Waals surface area contributed by atoms with Crippen molar-refractivity contribution in [3.63, 3.8) is 0 Å². The molecule has 1 aliphatic heterocycles. The van der Waals surface area contributed by atoms with Crippen LogP contribution in [0.15, 0.2) is 22.7 Å². The minimum absolute atomic E-state index is 0.139. The first-order valence-corrected chi connectivity index (χ1v) is 9.56. The van der Waals surface area contributed by atoms with Crippen LogP contribution in [0.25, 0.3) is 0 Å². The van der Waals surface area contributed by atoms with Crippen LogP contribution in [0.5, 0.6) is 11.5 Å². The molecule has 2 amide bonds. The predicted molar refractivity (Wildman–Crippen MR) is 105 cm³/mol. The number of nitrogens with one attached hydrogen (secondary N) is 1. The number of benzene rings is 1. The fraction of sp³-hybridized carbons (Fsp3) is 0.579. The Morgan fingerprint density at radius 2 is 2.00 bits per heavy atom. The molecule has 1 N–H and O–H groups in total. The topological polar surface area (TPSA) is 77.1 Å². The largest absolute Gasteiger partial charge is 0.493 e. The molecule has 1 saturated heterocycles. The smallest absolute Gasteiger partial charge is 0.410 e. The third-order valence-corrected chi connectivity index (χ3v) is 4.54. The maximum absolute atomic E-state index is 12.3. The van der Waals surface area contributed by atoms with Gasteiger partial charge in [0.05, 0.1) is 12.6 Å². The van der Waals surface area contributed by atoms with Gasteiger partial charge in [-0.2, -0.15) is 0 Å². The molecule has 1 unspecified atom stereocenters. The number of nitrogens with zero attached hydrogens (tertiary/aromatic N) is 1. The second-order valence-corrected chi connectivity index (χ2v) is 8.76. The lowest BCUT2D eigenvalue weighted by Crippen LogP contribution is -2.50. The molecule has 1 aromatic rings. The van der Waals surface area contributed by atoms with Gasteiger partial charge in [-0.1, -0.05) is 15.9 Å². The molecule has 150 valence electrons. The van der Waals surface area contributed by atoms with Crippen LogP contribution in [-0.2, 0) is 9.53 Å². The first kappa shape index (κ1) is 21.3. The normalized spacial score (nSPS) is 19.6. The summed E-state index contributed by atoms with van der Waals surface area (Å²) in [6, 6.07) is 5.31. The highest BCUT2D eigenvalue weighted by molar-refractivity contribution is 9.10. The number of halogens is 1. The highest BCUT2D eigenvalue weighted by Gasteiger charge is 2.38. The van der Waals surface area contributed by atoms with Crippen molar-refractivity contribution in [2.75, 3.05) is 26.8 Å². The Bertz CT molecular complexity index is 704. The van der Waals surface area contributed by atoms with Crippen LogP contribution in [-0.4, -0.2) is 54.8 Å². The summed E-state index contributed by atoms with van der Waals surface area (Å²) >= 11 is 3.36. The van der Waals surface area contributed by atoms with Crippen molar-refractivity contribution in [1.29, 1.82) is 0 Å².